The Morgan fingerprint density at radius 1 is 0.250 bits per heavy atom. The van der Waals surface area contributed by atoms with Gasteiger partial charge in [-0.2, -0.15) is 0 Å². The number of para-hydroxylation sites is 3. The molecule has 0 atom stereocenters. The van der Waals surface area contributed by atoms with Gasteiger partial charge in [0.05, 0.1) is 27.8 Å². The van der Waals surface area contributed by atoms with E-state index >= 15 is 0 Å². The van der Waals surface area contributed by atoms with Crippen molar-refractivity contribution in [3.8, 4) is 67.0 Å². The van der Waals surface area contributed by atoms with Crippen molar-refractivity contribution in [3.05, 3.63) is 231 Å². The van der Waals surface area contributed by atoms with Crippen LogP contribution in [0.15, 0.2) is 231 Å². The van der Waals surface area contributed by atoms with Crippen LogP contribution < -0.4 is 0 Å². The minimum absolute atomic E-state index is 1.16. The van der Waals surface area contributed by atoms with Crippen molar-refractivity contribution >= 4 is 65.2 Å². The van der Waals surface area contributed by atoms with Crippen LogP contribution in [0.2, 0.25) is 0 Å². The summed E-state index contributed by atoms with van der Waals surface area (Å²) in [5, 5.41) is 10.2. The Hall–Kier alpha value is -8.46. The van der Waals surface area contributed by atoms with Gasteiger partial charge >= 0.3 is 0 Å². The molecule has 2 heterocycles. The van der Waals surface area contributed by atoms with Gasteiger partial charge < -0.3 is 9.13 Å². The van der Waals surface area contributed by atoms with Gasteiger partial charge in [-0.3, -0.25) is 0 Å². The van der Waals surface area contributed by atoms with Crippen LogP contribution in [-0.4, -0.2) is 9.13 Å². The number of benzene rings is 11. The lowest BCUT2D eigenvalue weighted by molar-refractivity contribution is 1.18. The van der Waals surface area contributed by atoms with Crippen LogP contribution in [-0.2, 0) is 0 Å². The van der Waals surface area contributed by atoms with Crippen LogP contribution in [0, 0.1) is 0 Å². The van der Waals surface area contributed by atoms with Crippen LogP contribution in [0.1, 0.15) is 0 Å². The summed E-state index contributed by atoms with van der Waals surface area (Å²) >= 11 is 0. The maximum absolute atomic E-state index is 2.48. The molecule has 2 aromatic heterocycles. The zero-order valence-corrected chi connectivity index (χ0v) is 34.8. The van der Waals surface area contributed by atoms with E-state index in [4.69, 9.17) is 0 Å². The third-order valence-electron chi connectivity index (χ3n) is 13.8. The molecule has 14 rings (SSSR count). The van der Waals surface area contributed by atoms with Gasteiger partial charge in [-0.25, -0.2) is 0 Å². The summed E-state index contributed by atoms with van der Waals surface area (Å²) in [6.07, 6.45) is 0. The molecular weight excluding hydrogens is 773 g/mol. The second-order valence-corrected chi connectivity index (χ2v) is 17.2. The molecule has 1 aliphatic carbocycles. The van der Waals surface area contributed by atoms with Crippen molar-refractivity contribution in [3.63, 3.8) is 0 Å². The average molecular weight is 811 g/mol. The minimum atomic E-state index is 1.16. The van der Waals surface area contributed by atoms with Crippen LogP contribution in [0.4, 0.5) is 0 Å². The highest BCUT2D eigenvalue weighted by molar-refractivity contribution is 6.20. The van der Waals surface area contributed by atoms with Crippen molar-refractivity contribution in [1.82, 2.24) is 9.13 Å². The van der Waals surface area contributed by atoms with Crippen LogP contribution >= 0.6 is 0 Å². The van der Waals surface area contributed by atoms with Gasteiger partial charge in [0.15, 0.2) is 0 Å². The summed E-state index contributed by atoms with van der Waals surface area (Å²) in [5.41, 5.74) is 19.6. The van der Waals surface area contributed by atoms with E-state index in [2.05, 4.69) is 240 Å². The molecule has 2 heteroatoms. The number of rotatable bonds is 5. The summed E-state index contributed by atoms with van der Waals surface area (Å²) < 4.78 is 4.94. The Labute approximate surface area is 370 Å². The minimum Gasteiger partial charge on any atom is -0.309 e. The Morgan fingerprint density at radius 2 is 0.812 bits per heavy atom. The molecule has 296 valence electrons. The van der Waals surface area contributed by atoms with E-state index in [-0.39, 0.29) is 0 Å². The van der Waals surface area contributed by atoms with E-state index in [0.717, 1.165) is 11.4 Å². The summed E-state index contributed by atoms with van der Waals surface area (Å²) in [7, 11) is 0. The third-order valence-corrected chi connectivity index (χ3v) is 13.8. The molecule has 0 saturated heterocycles. The van der Waals surface area contributed by atoms with E-state index in [1.54, 1.807) is 0 Å². The normalized spacial score (nSPS) is 12.1. The van der Waals surface area contributed by atoms with Crippen LogP contribution in [0.3, 0.4) is 0 Å². The fourth-order valence-corrected chi connectivity index (χ4v) is 11.0. The molecule has 0 radical (unpaired) electrons. The highest BCUT2D eigenvalue weighted by Gasteiger charge is 2.23. The molecule has 11 aromatic carbocycles. The Balaban J connectivity index is 0.928. The lowest BCUT2D eigenvalue weighted by Gasteiger charge is -2.15. The van der Waals surface area contributed by atoms with Gasteiger partial charge in [-0.05, 0) is 115 Å². The molecule has 2 nitrogen and oxygen atoms in total. The highest BCUT2D eigenvalue weighted by Crippen LogP contribution is 2.49. The van der Waals surface area contributed by atoms with Crippen molar-refractivity contribution in [2.75, 3.05) is 0 Å². The van der Waals surface area contributed by atoms with E-state index in [1.165, 1.54) is 121 Å². The molecule has 0 spiro atoms. The van der Waals surface area contributed by atoms with Crippen molar-refractivity contribution in [1.29, 1.82) is 0 Å². The molecular formula is C62H38N2. The first-order valence-electron chi connectivity index (χ1n) is 22.2. The Kier molecular flexibility index (Phi) is 7.43. The number of hydrogen-bond donors (Lipinski definition) is 0. The van der Waals surface area contributed by atoms with Crippen LogP contribution in [0.5, 0.6) is 0 Å². The Bertz CT molecular complexity index is 4060. The number of hydrogen-bond acceptors (Lipinski definition) is 0. The van der Waals surface area contributed by atoms with Gasteiger partial charge in [-0.15, -0.1) is 0 Å². The molecule has 0 bridgehead atoms. The SMILES string of the molecule is c1ccc(-n2c3cc(-c4ccc5c6ccccc6n(-c6ccccc6-c6cccc(-c7ccc8c(c7)-c7cccc9cccc-8c79)c6)c5c4)ccc3c3ccc4ccccc4c32)cc1. The Morgan fingerprint density at radius 3 is 1.66 bits per heavy atom. The molecule has 0 unspecified atom stereocenters. The fraction of sp³-hybridized carbons (Fsp3) is 0. The van der Waals surface area contributed by atoms with E-state index in [0.29, 0.717) is 0 Å². The predicted molar refractivity (Wildman–Crippen MR) is 271 cm³/mol. The highest BCUT2D eigenvalue weighted by atomic mass is 15.0. The lowest BCUT2D eigenvalue weighted by atomic mass is 9.94. The largest absolute Gasteiger partial charge is 0.309 e. The summed E-state index contributed by atoms with van der Waals surface area (Å²) in [4.78, 5) is 0. The molecule has 0 N–H and O–H groups in total. The number of fused-ring (bicyclic) bond motifs is 11. The molecule has 0 fully saturated rings. The summed E-state index contributed by atoms with van der Waals surface area (Å²) in [5.74, 6) is 0. The first kappa shape index (κ1) is 35.2. The third kappa shape index (κ3) is 5.08. The smallest absolute Gasteiger partial charge is 0.0619 e. The summed E-state index contributed by atoms with van der Waals surface area (Å²) in [6.45, 7) is 0. The molecule has 0 saturated carbocycles. The van der Waals surface area contributed by atoms with Gasteiger partial charge in [0.1, 0.15) is 0 Å². The van der Waals surface area contributed by atoms with E-state index < -0.39 is 0 Å². The van der Waals surface area contributed by atoms with Gasteiger partial charge in [0.2, 0.25) is 0 Å². The average Bonchev–Trinajstić information content (AvgIpc) is 4.00. The molecule has 0 amide bonds. The zero-order valence-electron chi connectivity index (χ0n) is 34.8. The molecule has 1 aliphatic rings. The number of aromatic nitrogens is 2. The second-order valence-electron chi connectivity index (χ2n) is 17.2. The van der Waals surface area contributed by atoms with Crippen molar-refractivity contribution in [2.45, 2.75) is 0 Å². The number of nitrogens with zero attached hydrogens (tertiary/aromatic N) is 2. The van der Waals surface area contributed by atoms with Crippen molar-refractivity contribution in [2.24, 2.45) is 0 Å². The quantitative estimate of drug-likeness (QED) is 0.164. The maximum Gasteiger partial charge on any atom is 0.0619 e. The van der Waals surface area contributed by atoms with E-state index in [9.17, 15) is 0 Å². The topological polar surface area (TPSA) is 9.86 Å². The zero-order chi connectivity index (χ0) is 41.9. The lowest BCUT2D eigenvalue weighted by Crippen LogP contribution is -1.97. The standard InChI is InChI=1S/C62H38N2/c1-2-18-46(19-3-1)63-59-37-43(30-33-52(59)55-34-27-39-13-4-5-21-48(39)62(55)63)44-29-32-51-50-22-7-9-26-58(50)64(60(51)38-44)57-25-8-6-20-47(57)45-17-10-16-41(35-45)42-28-31-49-53-23-11-14-40-15-12-24-54(61(40)53)56(49)36-42/h1-38H. The first-order valence-corrected chi connectivity index (χ1v) is 22.2. The first-order chi connectivity index (χ1) is 31.7. The van der Waals surface area contributed by atoms with Crippen LogP contribution in [0.25, 0.3) is 132 Å². The molecule has 13 aromatic rings. The van der Waals surface area contributed by atoms with Gasteiger partial charge in [0.25, 0.3) is 0 Å². The fourth-order valence-electron chi connectivity index (χ4n) is 11.0. The molecule has 0 aliphatic heterocycles. The molecule has 64 heavy (non-hydrogen) atoms. The predicted octanol–water partition coefficient (Wildman–Crippen LogP) is 16.8. The van der Waals surface area contributed by atoms with Gasteiger partial charge in [0, 0.05) is 38.2 Å². The van der Waals surface area contributed by atoms with Crippen molar-refractivity contribution < 1.29 is 0 Å². The second kappa shape index (κ2) is 13.5. The monoisotopic (exact) mass is 810 g/mol. The van der Waals surface area contributed by atoms with Gasteiger partial charge in [-0.1, -0.05) is 182 Å². The van der Waals surface area contributed by atoms with E-state index in [1.807, 2.05) is 0 Å². The summed E-state index contributed by atoms with van der Waals surface area (Å²) in [6, 6.07) is 85.3. The maximum atomic E-state index is 2.48.